The van der Waals surface area contributed by atoms with Crippen LogP contribution in [0.5, 0.6) is 5.75 Å². The fourth-order valence-electron chi connectivity index (χ4n) is 1.32. The van der Waals surface area contributed by atoms with Crippen molar-refractivity contribution in [2.75, 3.05) is 49.9 Å². The van der Waals surface area contributed by atoms with E-state index in [9.17, 15) is 0 Å². The van der Waals surface area contributed by atoms with Crippen LogP contribution < -0.4 is 14.5 Å². The summed E-state index contributed by atoms with van der Waals surface area (Å²) in [6.45, 7) is 0.684. The van der Waals surface area contributed by atoms with Gasteiger partial charge in [-0.15, -0.1) is 0 Å². The fourth-order valence-corrected chi connectivity index (χ4v) is 1.49. The largest absolute Gasteiger partial charge is 0.493 e. The van der Waals surface area contributed by atoms with E-state index in [1.165, 1.54) is 0 Å². The average molecular weight is 287 g/mol. The van der Waals surface area contributed by atoms with Gasteiger partial charge in [-0.1, -0.05) is 15.9 Å². The van der Waals surface area contributed by atoms with E-state index in [1.807, 2.05) is 28.2 Å². The molecule has 0 radical (unpaired) electrons. The smallest absolute Gasteiger partial charge is 0.123 e. The lowest BCUT2D eigenvalue weighted by Crippen LogP contribution is -2.13. The first kappa shape index (κ1) is 13.2. The summed E-state index contributed by atoms with van der Waals surface area (Å²) in [5, 5.41) is 0.844. The zero-order valence-electron chi connectivity index (χ0n) is 10.3. The molecular formula is C12H19BrN2O. The third-order valence-corrected chi connectivity index (χ3v) is 2.58. The maximum atomic E-state index is 5.64. The average Bonchev–Trinajstić information content (AvgIpc) is 2.25. The highest BCUT2D eigenvalue weighted by Gasteiger charge is 2.05. The summed E-state index contributed by atoms with van der Waals surface area (Å²) in [7, 11) is 8.12. The summed E-state index contributed by atoms with van der Waals surface area (Å²) in [4.78, 5) is 4.15. The molecule has 0 N–H and O–H groups in total. The summed E-state index contributed by atoms with van der Waals surface area (Å²) in [5.41, 5.74) is 2.30. The van der Waals surface area contributed by atoms with Crippen LogP contribution in [-0.2, 0) is 0 Å². The molecular weight excluding hydrogens is 268 g/mol. The van der Waals surface area contributed by atoms with Gasteiger partial charge in [0.05, 0.1) is 6.61 Å². The molecule has 0 amide bonds. The maximum absolute atomic E-state index is 5.64. The van der Waals surface area contributed by atoms with Gasteiger partial charge in [-0.05, 0) is 6.07 Å². The molecule has 0 aliphatic rings. The number of hydrogen-bond acceptors (Lipinski definition) is 3. The molecule has 90 valence electrons. The van der Waals surface area contributed by atoms with Crippen molar-refractivity contribution in [2.45, 2.75) is 0 Å². The van der Waals surface area contributed by atoms with Crippen molar-refractivity contribution >= 4 is 27.3 Å². The number of ether oxygens (including phenoxy) is 1. The molecule has 0 unspecified atom stereocenters. The zero-order chi connectivity index (χ0) is 12.1. The lowest BCUT2D eigenvalue weighted by atomic mass is 10.2. The lowest BCUT2D eigenvalue weighted by Gasteiger charge is -2.19. The molecule has 0 spiro atoms. The number of anilines is 2. The van der Waals surface area contributed by atoms with E-state index in [4.69, 9.17) is 4.74 Å². The normalized spacial score (nSPS) is 10.1. The summed E-state index contributed by atoms with van der Waals surface area (Å²) in [5.74, 6) is 0.911. The molecule has 0 aliphatic carbocycles. The van der Waals surface area contributed by atoms with E-state index < -0.39 is 0 Å². The van der Waals surface area contributed by atoms with Crippen LogP contribution in [0.1, 0.15) is 0 Å². The summed E-state index contributed by atoms with van der Waals surface area (Å²) in [6, 6.07) is 6.24. The summed E-state index contributed by atoms with van der Waals surface area (Å²) >= 11 is 3.36. The second-order valence-corrected chi connectivity index (χ2v) is 4.80. The van der Waals surface area contributed by atoms with Crippen LogP contribution in [0.4, 0.5) is 11.4 Å². The van der Waals surface area contributed by atoms with Gasteiger partial charge in [0.15, 0.2) is 0 Å². The first-order valence-electron chi connectivity index (χ1n) is 5.23. The van der Waals surface area contributed by atoms with E-state index >= 15 is 0 Å². The van der Waals surface area contributed by atoms with Crippen molar-refractivity contribution in [3.63, 3.8) is 0 Å². The highest BCUT2D eigenvalue weighted by Crippen LogP contribution is 2.27. The molecule has 0 saturated carbocycles. The monoisotopic (exact) mass is 286 g/mol. The Balaban J connectivity index is 2.99. The Morgan fingerprint density at radius 3 is 1.88 bits per heavy atom. The second-order valence-electron chi connectivity index (χ2n) is 4.01. The highest BCUT2D eigenvalue weighted by molar-refractivity contribution is 9.09. The van der Waals surface area contributed by atoms with Gasteiger partial charge >= 0.3 is 0 Å². The standard InChI is InChI=1S/C12H19BrN2O/c1-14(2)10-7-11(15(3)4)9-12(8-10)16-6-5-13/h7-9H,5-6H2,1-4H3. The van der Waals surface area contributed by atoms with Crippen molar-refractivity contribution in [1.29, 1.82) is 0 Å². The maximum Gasteiger partial charge on any atom is 0.123 e. The number of rotatable bonds is 5. The second kappa shape index (κ2) is 5.99. The molecule has 1 rings (SSSR count). The minimum atomic E-state index is 0.684. The van der Waals surface area contributed by atoms with Gasteiger partial charge in [-0.2, -0.15) is 0 Å². The van der Waals surface area contributed by atoms with Crippen molar-refractivity contribution in [3.8, 4) is 5.75 Å². The first-order valence-corrected chi connectivity index (χ1v) is 6.35. The third-order valence-electron chi connectivity index (χ3n) is 2.25. The Morgan fingerprint density at radius 2 is 1.50 bits per heavy atom. The highest BCUT2D eigenvalue weighted by atomic mass is 79.9. The van der Waals surface area contributed by atoms with Gasteiger partial charge in [-0.3, -0.25) is 0 Å². The van der Waals surface area contributed by atoms with E-state index in [0.29, 0.717) is 6.61 Å². The van der Waals surface area contributed by atoms with E-state index in [0.717, 1.165) is 22.5 Å². The van der Waals surface area contributed by atoms with Crippen molar-refractivity contribution in [1.82, 2.24) is 0 Å². The zero-order valence-corrected chi connectivity index (χ0v) is 11.9. The van der Waals surface area contributed by atoms with E-state index in [1.54, 1.807) is 0 Å². The van der Waals surface area contributed by atoms with Crippen LogP contribution in [0.2, 0.25) is 0 Å². The van der Waals surface area contributed by atoms with Crippen LogP contribution >= 0.6 is 15.9 Å². The SMILES string of the molecule is CN(C)c1cc(OCCBr)cc(N(C)C)c1. The summed E-state index contributed by atoms with van der Waals surface area (Å²) in [6.07, 6.45) is 0. The molecule has 0 saturated heterocycles. The number of alkyl halides is 1. The Labute approximate surface area is 106 Å². The van der Waals surface area contributed by atoms with Crippen molar-refractivity contribution in [2.24, 2.45) is 0 Å². The quantitative estimate of drug-likeness (QED) is 0.774. The van der Waals surface area contributed by atoms with Gasteiger partial charge < -0.3 is 14.5 Å². The van der Waals surface area contributed by atoms with Crippen LogP contribution in [-0.4, -0.2) is 40.1 Å². The predicted molar refractivity (Wildman–Crippen MR) is 74.4 cm³/mol. The molecule has 0 bridgehead atoms. The molecule has 0 aromatic heterocycles. The predicted octanol–water partition coefficient (Wildman–Crippen LogP) is 2.59. The molecule has 0 aliphatic heterocycles. The molecule has 0 fully saturated rings. The molecule has 1 aromatic rings. The van der Waals surface area contributed by atoms with Gasteiger partial charge in [0.1, 0.15) is 5.75 Å². The van der Waals surface area contributed by atoms with E-state index in [2.05, 4.69) is 43.9 Å². The topological polar surface area (TPSA) is 15.7 Å². The Bertz CT molecular complexity index is 314. The van der Waals surface area contributed by atoms with Crippen molar-refractivity contribution < 1.29 is 4.74 Å². The molecule has 16 heavy (non-hydrogen) atoms. The Kier molecular flexibility index (Phi) is 4.93. The van der Waals surface area contributed by atoms with Gasteiger partial charge in [-0.25, -0.2) is 0 Å². The minimum Gasteiger partial charge on any atom is -0.493 e. The fraction of sp³-hybridized carbons (Fsp3) is 0.500. The number of benzene rings is 1. The number of halogens is 1. The first-order chi connectivity index (χ1) is 7.54. The molecule has 1 aromatic carbocycles. The lowest BCUT2D eigenvalue weighted by molar-refractivity contribution is 0.345. The van der Waals surface area contributed by atoms with Crippen LogP contribution in [0.3, 0.4) is 0 Å². The molecule has 0 heterocycles. The minimum absolute atomic E-state index is 0.684. The van der Waals surface area contributed by atoms with Crippen LogP contribution in [0.25, 0.3) is 0 Å². The van der Waals surface area contributed by atoms with Crippen molar-refractivity contribution in [3.05, 3.63) is 18.2 Å². The van der Waals surface area contributed by atoms with E-state index in [-0.39, 0.29) is 0 Å². The Hall–Kier alpha value is -0.900. The molecule has 0 atom stereocenters. The number of nitrogens with zero attached hydrogens (tertiary/aromatic N) is 2. The third kappa shape index (κ3) is 3.59. The Morgan fingerprint density at radius 1 is 1.00 bits per heavy atom. The molecule has 3 nitrogen and oxygen atoms in total. The molecule has 4 heteroatoms. The summed E-state index contributed by atoms with van der Waals surface area (Å²) < 4.78 is 5.64. The van der Waals surface area contributed by atoms with Gasteiger partial charge in [0.25, 0.3) is 0 Å². The van der Waals surface area contributed by atoms with Crippen LogP contribution in [0.15, 0.2) is 18.2 Å². The van der Waals surface area contributed by atoms with Gasteiger partial charge in [0, 0.05) is 57.0 Å². The van der Waals surface area contributed by atoms with Crippen LogP contribution in [0, 0.1) is 0 Å². The van der Waals surface area contributed by atoms with Gasteiger partial charge in [0.2, 0.25) is 0 Å². The number of hydrogen-bond donors (Lipinski definition) is 0.